The Morgan fingerprint density at radius 2 is 2.11 bits per heavy atom. The minimum Gasteiger partial charge on any atom is -0.465 e. The molecular weight excluding hydrogens is 234 g/mol. The van der Waals surface area contributed by atoms with Crippen molar-refractivity contribution in [2.75, 3.05) is 53.2 Å². The van der Waals surface area contributed by atoms with Gasteiger partial charge in [-0.05, 0) is 13.3 Å². The lowest BCUT2D eigenvalue weighted by Gasteiger charge is -2.19. The number of ether oxygens (including phenoxy) is 3. The van der Waals surface area contributed by atoms with E-state index in [2.05, 4.69) is 6.58 Å². The van der Waals surface area contributed by atoms with Crippen molar-refractivity contribution in [1.29, 1.82) is 0 Å². The van der Waals surface area contributed by atoms with Gasteiger partial charge in [-0.1, -0.05) is 6.08 Å². The van der Waals surface area contributed by atoms with Crippen LogP contribution in [-0.2, 0) is 19.0 Å². The van der Waals surface area contributed by atoms with Crippen molar-refractivity contribution in [1.82, 2.24) is 4.90 Å². The standard InChI is InChI=1S/C13H25NO4/c1-4-7-14(12-13(15)18-5-2)8-6-9-17-11-10-16-3/h4H,1,5-12H2,2-3H3. The topological polar surface area (TPSA) is 48.0 Å². The van der Waals surface area contributed by atoms with E-state index in [-0.39, 0.29) is 5.97 Å². The molecule has 0 rings (SSSR count). The second kappa shape index (κ2) is 12.5. The summed E-state index contributed by atoms with van der Waals surface area (Å²) in [5.74, 6) is -0.195. The number of carbonyl (C=O) groups excluding carboxylic acids is 1. The van der Waals surface area contributed by atoms with Crippen LogP contribution >= 0.6 is 0 Å². The minimum absolute atomic E-state index is 0.195. The molecule has 0 aliphatic rings. The monoisotopic (exact) mass is 259 g/mol. The van der Waals surface area contributed by atoms with Gasteiger partial charge in [0, 0.05) is 26.8 Å². The van der Waals surface area contributed by atoms with Crippen molar-refractivity contribution < 1.29 is 19.0 Å². The zero-order valence-electron chi connectivity index (χ0n) is 11.5. The molecule has 0 aliphatic heterocycles. The van der Waals surface area contributed by atoms with E-state index in [1.807, 2.05) is 4.90 Å². The molecule has 0 atom stereocenters. The molecule has 0 aliphatic carbocycles. The molecule has 0 aromatic heterocycles. The molecule has 106 valence electrons. The summed E-state index contributed by atoms with van der Waals surface area (Å²) in [6.07, 6.45) is 2.65. The van der Waals surface area contributed by atoms with Gasteiger partial charge in [0.15, 0.2) is 0 Å². The van der Waals surface area contributed by atoms with E-state index in [4.69, 9.17) is 14.2 Å². The molecule has 0 aromatic carbocycles. The van der Waals surface area contributed by atoms with E-state index >= 15 is 0 Å². The molecule has 0 aromatic rings. The van der Waals surface area contributed by atoms with Gasteiger partial charge >= 0.3 is 5.97 Å². The Bertz CT molecular complexity index is 221. The molecule has 0 fully saturated rings. The molecule has 0 amide bonds. The maximum absolute atomic E-state index is 11.4. The van der Waals surface area contributed by atoms with Crippen LogP contribution in [0.15, 0.2) is 12.7 Å². The number of hydrogen-bond donors (Lipinski definition) is 0. The van der Waals surface area contributed by atoms with E-state index in [9.17, 15) is 4.79 Å². The fourth-order valence-electron chi connectivity index (χ4n) is 1.44. The van der Waals surface area contributed by atoms with Gasteiger partial charge in [0.25, 0.3) is 0 Å². The van der Waals surface area contributed by atoms with Crippen molar-refractivity contribution in [3.05, 3.63) is 12.7 Å². The molecule has 5 nitrogen and oxygen atoms in total. The van der Waals surface area contributed by atoms with Crippen LogP contribution in [-0.4, -0.2) is 64.0 Å². The van der Waals surface area contributed by atoms with Gasteiger partial charge in [0.2, 0.25) is 0 Å². The fraction of sp³-hybridized carbons (Fsp3) is 0.769. The summed E-state index contributed by atoms with van der Waals surface area (Å²) in [5.41, 5.74) is 0. The number of hydrogen-bond acceptors (Lipinski definition) is 5. The number of rotatable bonds is 12. The fourth-order valence-corrected chi connectivity index (χ4v) is 1.44. The first-order valence-electron chi connectivity index (χ1n) is 6.30. The average molecular weight is 259 g/mol. The number of methoxy groups -OCH3 is 1. The van der Waals surface area contributed by atoms with E-state index < -0.39 is 0 Å². The quantitative estimate of drug-likeness (QED) is 0.298. The second-order valence-electron chi connectivity index (χ2n) is 3.79. The molecule has 0 saturated carbocycles. The van der Waals surface area contributed by atoms with E-state index in [0.717, 1.165) is 13.0 Å². The zero-order chi connectivity index (χ0) is 13.6. The van der Waals surface area contributed by atoms with Crippen molar-refractivity contribution in [2.45, 2.75) is 13.3 Å². The maximum Gasteiger partial charge on any atom is 0.320 e. The lowest BCUT2D eigenvalue weighted by Crippen LogP contribution is -2.32. The van der Waals surface area contributed by atoms with Crippen LogP contribution in [0.3, 0.4) is 0 Å². The molecule has 0 spiro atoms. The molecule has 0 unspecified atom stereocenters. The Morgan fingerprint density at radius 3 is 2.72 bits per heavy atom. The summed E-state index contributed by atoms with van der Waals surface area (Å²) in [6.45, 7) is 9.56. The predicted molar refractivity (Wildman–Crippen MR) is 70.6 cm³/mol. The molecule has 5 heteroatoms. The van der Waals surface area contributed by atoms with E-state index in [1.54, 1.807) is 20.1 Å². The lowest BCUT2D eigenvalue weighted by atomic mass is 10.3. The molecule has 18 heavy (non-hydrogen) atoms. The first-order chi connectivity index (χ1) is 8.74. The van der Waals surface area contributed by atoms with E-state index in [0.29, 0.717) is 39.5 Å². The average Bonchev–Trinajstić information content (AvgIpc) is 2.34. The molecule has 0 bridgehead atoms. The van der Waals surface area contributed by atoms with Crippen LogP contribution in [0.4, 0.5) is 0 Å². The summed E-state index contributed by atoms with van der Waals surface area (Å²) >= 11 is 0. The summed E-state index contributed by atoms with van der Waals surface area (Å²) in [4.78, 5) is 13.3. The first kappa shape index (κ1) is 17.1. The maximum atomic E-state index is 11.4. The van der Waals surface area contributed by atoms with Gasteiger partial charge < -0.3 is 14.2 Å². The predicted octanol–water partition coefficient (Wildman–Crippen LogP) is 1.09. The molecule has 0 N–H and O–H groups in total. The van der Waals surface area contributed by atoms with Crippen molar-refractivity contribution in [3.8, 4) is 0 Å². The van der Waals surface area contributed by atoms with Gasteiger partial charge in [-0.3, -0.25) is 9.69 Å². The lowest BCUT2D eigenvalue weighted by molar-refractivity contribution is -0.144. The minimum atomic E-state index is -0.195. The summed E-state index contributed by atoms with van der Waals surface area (Å²) in [7, 11) is 1.65. The third kappa shape index (κ3) is 10.3. The number of nitrogens with zero attached hydrogens (tertiary/aromatic N) is 1. The van der Waals surface area contributed by atoms with Gasteiger partial charge in [-0.2, -0.15) is 0 Å². The van der Waals surface area contributed by atoms with Crippen LogP contribution < -0.4 is 0 Å². The highest BCUT2D eigenvalue weighted by Crippen LogP contribution is 1.95. The Hall–Kier alpha value is -0.910. The SMILES string of the molecule is C=CCN(CCCOCCOC)CC(=O)OCC. The third-order valence-corrected chi connectivity index (χ3v) is 2.24. The molecular formula is C13H25NO4. The van der Waals surface area contributed by atoms with Gasteiger partial charge in [-0.15, -0.1) is 6.58 Å². The summed E-state index contributed by atoms with van der Waals surface area (Å²) in [6, 6.07) is 0. The highest BCUT2D eigenvalue weighted by molar-refractivity contribution is 5.71. The van der Waals surface area contributed by atoms with Crippen molar-refractivity contribution >= 4 is 5.97 Å². The number of carbonyl (C=O) groups is 1. The van der Waals surface area contributed by atoms with Crippen LogP contribution in [0.5, 0.6) is 0 Å². The Balaban J connectivity index is 3.68. The molecule has 0 heterocycles. The van der Waals surface area contributed by atoms with Gasteiger partial charge in [0.1, 0.15) is 0 Å². The van der Waals surface area contributed by atoms with Gasteiger partial charge in [-0.25, -0.2) is 0 Å². The summed E-state index contributed by atoms with van der Waals surface area (Å²) < 4.78 is 15.2. The Kier molecular flexibility index (Phi) is 11.9. The highest BCUT2D eigenvalue weighted by atomic mass is 16.5. The largest absolute Gasteiger partial charge is 0.465 e. The van der Waals surface area contributed by atoms with Crippen LogP contribution in [0.1, 0.15) is 13.3 Å². The van der Waals surface area contributed by atoms with Gasteiger partial charge in [0.05, 0.1) is 26.4 Å². The first-order valence-corrected chi connectivity index (χ1v) is 6.30. The van der Waals surface area contributed by atoms with Crippen LogP contribution in [0.2, 0.25) is 0 Å². The van der Waals surface area contributed by atoms with Crippen LogP contribution in [0.25, 0.3) is 0 Å². The Labute approximate surface area is 110 Å². The smallest absolute Gasteiger partial charge is 0.320 e. The Morgan fingerprint density at radius 1 is 1.33 bits per heavy atom. The van der Waals surface area contributed by atoms with E-state index in [1.165, 1.54) is 0 Å². The van der Waals surface area contributed by atoms with Crippen molar-refractivity contribution in [3.63, 3.8) is 0 Å². The van der Waals surface area contributed by atoms with Crippen molar-refractivity contribution in [2.24, 2.45) is 0 Å². The highest BCUT2D eigenvalue weighted by Gasteiger charge is 2.09. The zero-order valence-corrected chi connectivity index (χ0v) is 11.5. The third-order valence-electron chi connectivity index (χ3n) is 2.24. The second-order valence-corrected chi connectivity index (χ2v) is 3.79. The summed E-state index contributed by atoms with van der Waals surface area (Å²) in [5, 5.41) is 0. The normalized spacial score (nSPS) is 10.6. The number of esters is 1. The van der Waals surface area contributed by atoms with Crippen LogP contribution in [0, 0.1) is 0 Å². The molecule has 0 radical (unpaired) electrons. The molecule has 0 saturated heterocycles.